The minimum Gasteiger partial charge on any atom is -0.456 e. The predicted octanol–water partition coefficient (Wildman–Crippen LogP) is 6.93. The summed E-state index contributed by atoms with van der Waals surface area (Å²) in [4.78, 5) is 28.6. The van der Waals surface area contributed by atoms with Crippen LogP contribution in [0.2, 0.25) is 0 Å². The Kier molecular flexibility index (Phi) is 13.5. The van der Waals surface area contributed by atoms with Crippen molar-refractivity contribution in [2.75, 3.05) is 19.6 Å². The highest BCUT2D eigenvalue weighted by Gasteiger charge is 2.25. The zero-order valence-electron chi connectivity index (χ0n) is 26.7. The van der Waals surface area contributed by atoms with Gasteiger partial charge in [-0.15, -0.1) is 0 Å². The van der Waals surface area contributed by atoms with Gasteiger partial charge in [-0.2, -0.15) is 0 Å². The van der Waals surface area contributed by atoms with Crippen LogP contribution in [0.15, 0.2) is 60.7 Å². The van der Waals surface area contributed by atoms with E-state index in [0.29, 0.717) is 36.7 Å². The molecule has 1 amide bonds. The Bertz CT molecular complexity index is 1370. The maximum absolute atomic E-state index is 13.9. The third kappa shape index (κ3) is 10.2. The lowest BCUT2D eigenvalue weighted by atomic mass is 9.97. The molecule has 3 rings (SSSR count). The molecule has 1 unspecified atom stereocenters. The number of nitrogens with two attached hydrogens (primary N) is 1. The highest BCUT2D eigenvalue weighted by Crippen LogP contribution is 2.20. The highest BCUT2D eigenvalue weighted by atomic mass is 19.1. The van der Waals surface area contributed by atoms with Gasteiger partial charge in [0.2, 0.25) is 0 Å². The normalized spacial score (nSPS) is 13.3. The van der Waals surface area contributed by atoms with Gasteiger partial charge in [-0.3, -0.25) is 4.79 Å². The molecule has 0 bridgehead atoms. The number of benzene rings is 3. The van der Waals surface area contributed by atoms with Crippen molar-refractivity contribution >= 4 is 11.9 Å². The molecule has 6 nitrogen and oxygen atoms in total. The molecule has 0 radical (unpaired) electrons. The average Bonchev–Trinajstić information content (AvgIpc) is 2.98. The summed E-state index contributed by atoms with van der Waals surface area (Å²) in [7, 11) is 0. The molecule has 0 aliphatic heterocycles. The van der Waals surface area contributed by atoms with Crippen LogP contribution in [0.5, 0.6) is 0 Å². The number of carbonyl (C=O) groups is 2. The first kappa shape index (κ1) is 34.9. The summed E-state index contributed by atoms with van der Waals surface area (Å²) in [6, 6.07) is 15.8. The van der Waals surface area contributed by atoms with Crippen LogP contribution in [0, 0.1) is 18.6 Å². The van der Waals surface area contributed by atoms with Crippen molar-refractivity contribution in [1.82, 2.24) is 10.2 Å². The lowest BCUT2D eigenvalue weighted by molar-refractivity contribution is 0.0238. The number of aryl methyl sites for hydroxylation is 1. The lowest BCUT2D eigenvalue weighted by Crippen LogP contribution is -2.46. The quantitative estimate of drug-likeness (QED) is 0.173. The molecular formula is C36H47F2N3O3. The fraction of sp³-hybridized carbons (Fsp3) is 0.444. The van der Waals surface area contributed by atoms with E-state index in [1.165, 1.54) is 17.7 Å². The van der Waals surface area contributed by atoms with Gasteiger partial charge in [0.25, 0.3) is 5.91 Å². The van der Waals surface area contributed by atoms with E-state index in [1.54, 1.807) is 23.1 Å². The molecule has 0 aromatic heterocycles. The van der Waals surface area contributed by atoms with E-state index in [1.807, 2.05) is 32.9 Å². The van der Waals surface area contributed by atoms with Crippen molar-refractivity contribution in [2.45, 2.75) is 84.9 Å². The minimum absolute atomic E-state index is 0.0956. The number of carbonyl (C=O) groups excluding carboxylic acids is 2. The van der Waals surface area contributed by atoms with E-state index >= 15 is 0 Å². The van der Waals surface area contributed by atoms with Crippen LogP contribution in [0.4, 0.5) is 8.78 Å². The Labute approximate surface area is 261 Å². The van der Waals surface area contributed by atoms with Gasteiger partial charge in [-0.05, 0) is 91.1 Å². The van der Waals surface area contributed by atoms with Crippen LogP contribution in [0.3, 0.4) is 0 Å². The second kappa shape index (κ2) is 17.0. The standard InChI is InChI=1S/C36H47F2N3O3/c1-6-12-41(13-7-2)35(42)29-14-24(4)15-30(20-29)36(43)44-34(33(39)19-27-17-31(37)21-32(38)18-27)23-40-22-26-10-9-11-28(16-26)25(5)8-3/h9-11,14-18,20-21,25,33-34,40H,6-8,12-13,19,22-23,39H2,1-5H3/t25?,33-,34+/m0/s1. The summed E-state index contributed by atoms with van der Waals surface area (Å²) in [5.74, 6) is -1.71. The van der Waals surface area contributed by atoms with Gasteiger partial charge in [-0.25, -0.2) is 13.6 Å². The molecule has 0 fully saturated rings. The van der Waals surface area contributed by atoms with Gasteiger partial charge in [0.05, 0.1) is 5.56 Å². The van der Waals surface area contributed by atoms with E-state index in [0.717, 1.165) is 36.5 Å². The third-order valence-corrected chi connectivity index (χ3v) is 7.77. The van der Waals surface area contributed by atoms with Gasteiger partial charge in [0.15, 0.2) is 0 Å². The number of rotatable bonds is 16. The molecule has 0 saturated heterocycles. The van der Waals surface area contributed by atoms with E-state index in [-0.39, 0.29) is 24.4 Å². The van der Waals surface area contributed by atoms with Crippen LogP contribution >= 0.6 is 0 Å². The van der Waals surface area contributed by atoms with Crippen molar-refractivity contribution in [3.05, 3.63) is 106 Å². The number of amides is 1. The maximum atomic E-state index is 13.9. The lowest BCUT2D eigenvalue weighted by Gasteiger charge is -2.25. The van der Waals surface area contributed by atoms with Crippen LogP contribution < -0.4 is 11.1 Å². The molecule has 3 aromatic carbocycles. The molecule has 238 valence electrons. The Hall–Kier alpha value is -3.62. The number of halogens is 2. The van der Waals surface area contributed by atoms with Crippen LogP contribution in [-0.4, -0.2) is 48.6 Å². The van der Waals surface area contributed by atoms with Gasteiger partial charge in [0.1, 0.15) is 17.7 Å². The predicted molar refractivity (Wildman–Crippen MR) is 172 cm³/mol. The van der Waals surface area contributed by atoms with Crippen molar-refractivity contribution in [3.8, 4) is 0 Å². The number of nitrogens with zero attached hydrogens (tertiary/aromatic N) is 1. The van der Waals surface area contributed by atoms with Gasteiger partial charge in [0, 0.05) is 43.9 Å². The van der Waals surface area contributed by atoms with Crippen molar-refractivity contribution in [2.24, 2.45) is 5.73 Å². The molecule has 0 heterocycles. The Morgan fingerprint density at radius 1 is 0.909 bits per heavy atom. The molecule has 0 saturated carbocycles. The fourth-order valence-corrected chi connectivity index (χ4v) is 5.28. The minimum atomic E-state index is -0.817. The smallest absolute Gasteiger partial charge is 0.338 e. The highest BCUT2D eigenvalue weighted by molar-refractivity contribution is 5.98. The number of esters is 1. The first-order chi connectivity index (χ1) is 21.0. The number of nitrogens with one attached hydrogen (secondary N) is 1. The maximum Gasteiger partial charge on any atom is 0.338 e. The number of ether oxygens (including phenoxy) is 1. The largest absolute Gasteiger partial charge is 0.456 e. The summed E-state index contributed by atoms with van der Waals surface area (Å²) in [6.45, 7) is 12.2. The van der Waals surface area contributed by atoms with E-state index in [2.05, 4.69) is 31.3 Å². The molecule has 3 atom stereocenters. The molecule has 3 N–H and O–H groups in total. The second-order valence-corrected chi connectivity index (χ2v) is 11.7. The van der Waals surface area contributed by atoms with E-state index in [9.17, 15) is 18.4 Å². The van der Waals surface area contributed by atoms with Crippen LogP contribution in [0.1, 0.15) is 95.8 Å². The van der Waals surface area contributed by atoms with Crippen molar-refractivity contribution in [3.63, 3.8) is 0 Å². The first-order valence-electron chi connectivity index (χ1n) is 15.7. The molecule has 0 spiro atoms. The summed E-state index contributed by atoms with van der Waals surface area (Å²) in [6.07, 6.45) is 1.97. The zero-order chi connectivity index (χ0) is 32.2. The summed E-state index contributed by atoms with van der Waals surface area (Å²) < 4.78 is 33.8. The second-order valence-electron chi connectivity index (χ2n) is 11.7. The molecule has 44 heavy (non-hydrogen) atoms. The zero-order valence-corrected chi connectivity index (χ0v) is 26.7. The molecule has 8 heteroatoms. The van der Waals surface area contributed by atoms with Crippen molar-refractivity contribution < 1.29 is 23.1 Å². The first-order valence-corrected chi connectivity index (χ1v) is 15.7. The number of hydrogen-bond donors (Lipinski definition) is 2. The Balaban J connectivity index is 1.82. The SMILES string of the molecule is CCCN(CCC)C(=O)c1cc(C)cc(C(=O)O[C@H](CNCc2cccc(C(C)CC)c2)[C@@H](N)Cc2cc(F)cc(F)c2)c1. The van der Waals surface area contributed by atoms with Gasteiger partial charge in [-0.1, -0.05) is 52.0 Å². The summed E-state index contributed by atoms with van der Waals surface area (Å²) >= 11 is 0. The number of hydrogen-bond acceptors (Lipinski definition) is 5. The van der Waals surface area contributed by atoms with E-state index in [4.69, 9.17) is 10.5 Å². The molecule has 0 aliphatic rings. The van der Waals surface area contributed by atoms with Gasteiger partial charge < -0.3 is 20.7 Å². The van der Waals surface area contributed by atoms with Crippen LogP contribution in [0.25, 0.3) is 0 Å². The van der Waals surface area contributed by atoms with Crippen molar-refractivity contribution in [1.29, 1.82) is 0 Å². The summed E-state index contributed by atoms with van der Waals surface area (Å²) in [5, 5.41) is 3.35. The molecular weight excluding hydrogens is 560 g/mol. The summed E-state index contributed by atoms with van der Waals surface area (Å²) in [5.41, 5.74) is 10.7. The van der Waals surface area contributed by atoms with Gasteiger partial charge >= 0.3 is 5.97 Å². The van der Waals surface area contributed by atoms with E-state index < -0.39 is 29.7 Å². The Morgan fingerprint density at radius 2 is 1.57 bits per heavy atom. The third-order valence-electron chi connectivity index (χ3n) is 7.77. The average molecular weight is 608 g/mol. The Morgan fingerprint density at radius 3 is 2.20 bits per heavy atom. The fourth-order valence-electron chi connectivity index (χ4n) is 5.28. The monoisotopic (exact) mass is 607 g/mol. The molecule has 3 aromatic rings. The van der Waals surface area contributed by atoms with Crippen LogP contribution in [-0.2, 0) is 17.7 Å². The topological polar surface area (TPSA) is 84.7 Å². The molecule has 0 aliphatic carbocycles.